The van der Waals surface area contributed by atoms with E-state index in [2.05, 4.69) is 191 Å². The fraction of sp³-hybridized carbons (Fsp3) is 0. The average molecular weight is 653 g/mol. The number of fused-ring (bicyclic) bond motifs is 6. The minimum Gasteiger partial charge on any atom is -0.456 e. The summed E-state index contributed by atoms with van der Waals surface area (Å²) in [6.45, 7) is 0. The molecule has 2 aromatic heterocycles. The van der Waals surface area contributed by atoms with Crippen LogP contribution in [0.2, 0.25) is 0 Å². The molecule has 0 saturated carbocycles. The second-order valence-corrected chi connectivity index (χ2v) is 12.9. The number of furan rings is 1. The first-order chi connectivity index (χ1) is 25.3. The Morgan fingerprint density at radius 2 is 1.00 bits per heavy atom. The van der Waals surface area contributed by atoms with Crippen LogP contribution in [-0.4, -0.2) is 4.57 Å². The minimum absolute atomic E-state index is 0.867. The molecule has 3 nitrogen and oxygen atoms in total. The molecule has 0 unspecified atom stereocenters. The second-order valence-electron chi connectivity index (χ2n) is 12.9. The van der Waals surface area contributed by atoms with Crippen molar-refractivity contribution < 1.29 is 4.42 Å². The summed E-state index contributed by atoms with van der Waals surface area (Å²) in [5.41, 5.74) is 13.2. The number of hydrogen-bond acceptors (Lipinski definition) is 2. The molecule has 0 bridgehead atoms. The van der Waals surface area contributed by atoms with Gasteiger partial charge in [0.05, 0.1) is 22.1 Å². The fourth-order valence-corrected chi connectivity index (χ4v) is 7.73. The summed E-state index contributed by atoms with van der Waals surface area (Å²) in [6, 6.07) is 69.1. The first-order valence-electron chi connectivity index (χ1n) is 17.4. The van der Waals surface area contributed by atoms with Crippen molar-refractivity contribution in [1.82, 2.24) is 4.57 Å². The van der Waals surface area contributed by atoms with E-state index in [0.29, 0.717) is 0 Å². The molecule has 51 heavy (non-hydrogen) atoms. The first kappa shape index (κ1) is 29.1. The highest BCUT2D eigenvalue weighted by Crippen LogP contribution is 2.45. The first-order valence-corrected chi connectivity index (χ1v) is 17.4. The van der Waals surface area contributed by atoms with Crippen LogP contribution in [0.5, 0.6) is 0 Å². The molecule has 0 saturated heterocycles. The van der Waals surface area contributed by atoms with E-state index < -0.39 is 0 Å². The van der Waals surface area contributed by atoms with E-state index in [1.54, 1.807) is 0 Å². The third-order valence-electron chi connectivity index (χ3n) is 9.96. The Morgan fingerprint density at radius 1 is 0.412 bits per heavy atom. The van der Waals surface area contributed by atoms with Gasteiger partial charge in [-0.2, -0.15) is 0 Å². The lowest BCUT2D eigenvalue weighted by atomic mass is 10.00. The summed E-state index contributed by atoms with van der Waals surface area (Å²) in [5, 5.41) is 4.67. The summed E-state index contributed by atoms with van der Waals surface area (Å²) in [4.78, 5) is 2.38. The number of hydrogen-bond donors (Lipinski definition) is 0. The van der Waals surface area contributed by atoms with Crippen LogP contribution in [0.3, 0.4) is 0 Å². The van der Waals surface area contributed by atoms with Crippen LogP contribution in [0, 0.1) is 0 Å². The van der Waals surface area contributed by atoms with E-state index in [4.69, 9.17) is 4.42 Å². The molecule has 0 atom stereocenters. The van der Waals surface area contributed by atoms with E-state index in [-0.39, 0.29) is 0 Å². The second kappa shape index (κ2) is 11.9. The van der Waals surface area contributed by atoms with Crippen molar-refractivity contribution in [2.75, 3.05) is 4.90 Å². The van der Waals surface area contributed by atoms with E-state index in [1.165, 1.54) is 32.9 Å². The van der Waals surface area contributed by atoms with E-state index in [9.17, 15) is 0 Å². The Hall–Kier alpha value is -6.84. The summed E-state index contributed by atoms with van der Waals surface area (Å²) >= 11 is 0. The van der Waals surface area contributed by atoms with Gasteiger partial charge in [-0.1, -0.05) is 133 Å². The molecule has 8 aromatic carbocycles. The molecule has 0 spiro atoms. The number of rotatable bonds is 6. The summed E-state index contributed by atoms with van der Waals surface area (Å²) in [7, 11) is 0. The van der Waals surface area contributed by atoms with Gasteiger partial charge < -0.3 is 13.9 Å². The molecule has 10 aromatic rings. The van der Waals surface area contributed by atoms with Gasteiger partial charge >= 0.3 is 0 Å². The highest BCUT2D eigenvalue weighted by atomic mass is 16.3. The lowest BCUT2D eigenvalue weighted by Crippen LogP contribution is -2.10. The number of aromatic nitrogens is 1. The molecule has 0 N–H and O–H groups in total. The summed E-state index contributed by atoms with van der Waals surface area (Å²) < 4.78 is 8.81. The molecule has 0 aliphatic heterocycles. The van der Waals surface area contributed by atoms with Crippen molar-refractivity contribution in [2.24, 2.45) is 0 Å². The fourth-order valence-electron chi connectivity index (χ4n) is 7.73. The molecule has 2 heterocycles. The zero-order valence-electron chi connectivity index (χ0n) is 27.8. The maximum Gasteiger partial charge on any atom is 0.137 e. The van der Waals surface area contributed by atoms with Crippen molar-refractivity contribution in [2.45, 2.75) is 0 Å². The molecular weight excluding hydrogens is 621 g/mol. The van der Waals surface area contributed by atoms with Crippen molar-refractivity contribution in [3.05, 3.63) is 194 Å². The molecule has 0 amide bonds. The highest BCUT2D eigenvalue weighted by Gasteiger charge is 2.21. The van der Waals surface area contributed by atoms with Crippen LogP contribution in [0.1, 0.15) is 0 Å². The third-order valence-corrected chi connectivity index (χ3v) is 9.96. The predicted octanol–water partition coefficient (Wildman–Crippen LogP) is 13.5. The monoisotopic (exact) mass is 652 g/mol. The van der Waals surface area contributed by atoms with Gasteiger partial charge in [0.25, 0.3) is 0 Å². The quantitative estimate of drug-likeness (QED) is 0.178. The minimum atomic E-state index is 0.867. The van der Waals surface area contributed by atoms with Crippen LogP contribution >= 0.6 is 0 Å². The zero-order chi connectivity index (χ0) is 33.7. The maximum absolute atomic E-state index is 6.40. The number of benzene rings is 8. The third kappa shape index (κ3) is 4.82. The SMILES string of the molecule is c1ccc(-c2cccc(N(c3cccc(-c4cccc5c6ccccc6n(-c6ccccc6)c45)c3)c3cccc4oc5ccccc5c34)c2)cc1. The van der Waals surface area contributed by atoms with Crippen LogP contribution in [0.25, 0.3) is 71.7 Å². The Bertz CT molecular complexity index is 2860. The Morgan fingerprint density at radius 3 is 1.82 bits per heavy atom. The standard InChI is InChI=1S/C48H32N2O/c1-3-15-33(16-4-1)34-17-11-21-37(31-34)49(44-28-14-30-46-47(44)42-24-8-10-29-45(42)51-46)38-22-12-18-35(32-38)39-25-13-26-41-40-23-7-9-27-43(40)50(48(39)41)36-19-5-2-6-20-36/h1-32H. The Labute approximate surface area is 295 Å². The van der Waals surface area contributed by atoms with E-state index in [0.717, 1.165) is 55.8 Å². The molecule has 0 radical (unpaired) electrons. The predicted molar refractivity (Wildman–Crippen MR) is 214 cm³/mol. The normalized spacial score (nSPS) is 11.5. The van der Waals surface area contributed by atoms with Crippen LogP contribution in [0.4, 0.5) is 17.1 Å². The maximum atomic E-state index is 6.40. The molecule has 0 fully saturated rings. The smallest absolute Gasteiger partial charge is 0.137 e. The number of nitrogens with zero attached hydrogens (tertiary/aromatic N) is 2. The van der Waals surface area contributed by atoms with Gasteiger partial charge in [-0.3, -0.25) is 0 Å². The largest absolute Gasteiger partial charge is 0.456 e. The highest BCUT2D eigenvalue weighted by molar-refractivity contribution is 6.15. The van der Waals surface area contributed by atoms with E-state index in [1.807, 2.05) is 12.1 Å². The summed E-state index contributed by atoms with van der Waals surface area (Å²) in [6.07, 6.45) is 0. The van der Waals surface area contributed by atoms with Crippen LogP contribution in [-0.2, 0) is 0 Å². The summed E-state index contributed by atoms with van der Waals surface area (Å²) in [5.74, 6) is 0. The van der Waals surface area contributed by atoms with Crippen molar-refractivity contribution in [3.8, 4) is 27.9 Å². The van der Waals surface area contributed by atoms with Crippen LogP contribution in [0.15, 0.2) is 199 Å². The average Bonchev–Trinajstić information content (AvgIpc) is 3.76. The molecule has 0 aliphatic carbocycles. The zero-order valence-corrected chi connectivity index (χ0v) is 27.8. The van der Waals surface area contributed by atoms with Crippen molar-refractivity contribution in [1.29, 1.82) is 0 Å². The van der Waals surface area contributed by atoms with E-state index >= 15 is 0 Å². The van der Waals surface area contributed by atoms with Gasteiger partial charge in [-0.25, -0.2) is 0 Å². The molecule has 3 heteroatoms. The number of anilines is 3. The van der Waals surface area contributed by atoms with Gasteiger partial charge in [0.2, 0.25) is 0 Å². The van der Waals surface area contributed by atoms with Gasteiger partial charge in [-0.05, 0) is 77.4 Å². The van der Waals surface area contributed by atoms with Gasteiger partial charge in [0.1, 0.15) is 11.2 Å². The molecular formula is C48H32N2O. The van der Waals surface area contributed by atoms with Crippen molar-refractivity contribution >= 4 is 60.8 Å². The van der Waals surface area contributed by atoms with Crippen molar-refractivity contribution in [3.63, 3.8) is 0 Å². The lowest BCUT2D eigenvalue weighted by molar-refractivity contribution is 0.669. The number of para-hydroxylation sites is 4. The van der Waals surface area contributed by atoms with Gasteiger partial charge in [0.15, 0.2) is 0 Å². The lowest BCUT2D eigenvalue weighted by Gasteiger charge is -2.27. The molecule has 0 aliphatic rings. The topological polar surface area (TPSA) is 21.3 Å². The molecule has 240 valence electrons. The van der Waals surface area contributed by atoms with Gasteiger partial charge in [-0.15, -0.1) is 0 Å². The van der Waals surface area contributed by atoms with Gasteiger partial charge in [0, 0.05) is 38.8 Å². The Balaban J connectivity index is 1.23. The molecule has 10 rings (SSSR count). The van der Waals surface area contributed by atoms with Crippen LogP contribution < -0.4 is 4.90 Å². The Kier molecular flexibility index (Phi) is 6.81.